The van der Waals surface area contributed by atoms with E-state index < -0.39 is 0 Å². The Morgan fingerprint density at radius 3 is 2.58 bits per heavy atom. The molecule has 2 rings (SSSR count). The Balaban J connectivity index is 1.81. The minimum atomic E-state index is 0.135. The molecule has 1 saturated heterocycles. The number of hydrogen-bond acceptors (Lipinski definition) is 4. The van der Waals surface area contributed by atoms with Gasteiger partial charge in [0.2, 0.25) is 0 Å². The molecule has 0 aromatic carbocycles. The third-order valence-electron chi connectivity index (χ3n) is 4.91. The van der Waals surface area contributed by atoms with Gasteiger partial charge in [0.05, 0.1) is 19.3 Å². The summed E-state index contributed by atoms with van der Waals surface area (Å²) in [7, 11) is 0. The molecule has 0 spiro atoms. The van der Waals surface area contributed by atoms with Crippen LogP contribution in [0, 0.1) is 11.8 Å². The van der Waals surface area contributed by atoms with Crippen molar-refractivity contribution in [3.8, 4) is 0 Å². The van der Waals surface area contributed by atoms with Crippen LogP contribution in [0.25, 0.3) is 0 Å². The van der Waals surface area contributed by atoms with E-state index in [1.165, 1.54) is 19.3 Å². The Morgan fingerprint density at radius 1 is 1.21 bits per heavy atom. The molecule has 112 valence electrons. The first kappa shape index (κ1) is 15.2. The molecule has 4 heteroatoms. The predicted molar refractivity (Wildman–Crippen MR) is 77.0 cm³/mol. The van der Waals surface area contributed by atoms with Crippen molar-refractivity contribution in [1.82, 2.24) is 4.90 Å². The van der Waals surface area contributed by atoms with Gasteiger partial charge < -0.3 is 15.6 Å². The highest BCUT2D eigenvalue weighted by Gasteiger charge is 2.34. The maximum atomic E-state index is 8.80. The molecule has 0 radical (unpaired) electrons. The summed E-state index contributed by atoms with van der Waals surface area (Å²) in [6.45, 7) is 6.08. The van der Waals surface area contributed by atoms with Crippen LogP contribution in [0.4, 0.5) is 0 Å². The third-order valence-corrected chi connectivity index (χ3v) is 4.91. The molecule has 0 bridgehead atoms. The van der Waals surface area contributed by atoms with Crippen LogP contribution in [0.1, 0.15) is 39.0 Å². The largest absolute Gasteiger partial charge is 0.394 e. The number of ether oxygens (including phenoxy) is 1. The summed E-state index contributed by atoms with van der Waals surface area (Å²) < 4.78 is 5.64. The monoisotopic (exact) mass is 270 g/mol. The van der Waals surface area contributed by atoms with Crippen LogP contribution < -0.4 is 5.73 Å². The topological polar surface area (TPSA) is 58.7 Å². The Labute approximate surface area is 117 Å². The zero-order valence-electron chi connectivity index (χ0n) is 12.3. The molecule has 3 unspecified atom stereocenters. The van der Waals surface area contributed by atoms with E-state index in [-0.39, 0.29) is 6.61 Å². The lowest BCUT2D eigenvalue weighted by Crippen LogP contribution is -2.50. The Bertz CT molecular complexity index is 255. The zero-order valence-corrected chi connectivity index (χ0v) is 12.3. The summed E-state index contributed by atoms with van der Waals surface area (Å²) in [6, 6.07) is 0.688. The van der Waals surface area contributed by atoms with Crippen molar-refractivity contribution in [2.75, 3.05) is 32.8 Å². The van der Waals surface area contributed by atoms with Crippen LogP contribution in [-0.4, -0.2) is 55.0 Å². The summed E-state index contributed by atoms with van der Waals surface area (Å²) in [5, 5.41) is 8.80. The van der Waals surface area contributed by atoms with E-state index in [4.69, 9.17) is 15.6 Å². The summed E-state index contributed by atoms with van der Waals surface area (Å²) in [4.78, 5) is 2.64. The fourth-order valence-electron chi connectivity index (χ4n) is 3.73. The van der Waals surface area contributed by atoms with E-state index in [1.54, 1.807) is 0 Å². The first-order chi connectivity index (χ1) is 9.24. The molecule has 1 saturated carbocycles. The van der Waals surface area contributed by atoms with Crippen molar-refractivity contribution >= 4 is 0 Å². The second-order valence-corrected chi connectivity index (χ2v) is 6.31. The van der Waals surface area contributed by atoms with Gasteiger partial charge in [0, 0.05) is 19.1 Å². The van der Waals surface area contributed by atoms with Crippen LogP contribution in [0.2, 0.25) is 0 Å². The fraction of sp³-hybridized carbons (Fsp3) is 1.00. The second kappa shape index (κ2) is 7.58. The average Bonchev–Trinajstić information content (AvgIpc) is 2.45. The lowest BCUT2D eigenvalue weighted by Gasteiger charge is -2.44. The molecular formula is C15H30N2O2. The molecule has 0 aromatic heterocycles. The van der Waals surface area contributed by atoms with Gasteiger partial charge in [0.25, 0.3) is 0 Å². The van der Waals surface area contributed by atoms with Crippen molar-refractivity contribution < 1.29 is 9.84 Å². The molecule has 3 N–H and O–H groups in total. The number of rotatable bonds is 5. The number of piperidine rings is 1. The van der Waals surface area contributed by atoms with Gasteiger partial charge in [-0.2, -0.15) is 0 Å². The first-order valence-electron chi connectivity index (χ1n) is 7.91. The molecule has 1 aliphatic carbocycles. The second-order valence-electron chi connectivity index (χ2n) is 6.31. The first-order valence-corrected chi connectivity index (χ1v) is 7.91. The van der Waals surface area contributed by atoms with Crippen molar-refractivity contribution in [3.05, 3.63) is 0 Å². The molecule has 4 nitrogen and oxygen atoms in total. The standard InChI is InChI=1S/C15H30N2O2/c1-12-2-3-13(11-16)15(10-12)17-6-4-14(5-7-17)19-9-8-18/h12-15,18H,2-11,16H2,1H3. The van der Waals surface area contributed by atoms with E-state index in [0.29, 0.717) is 24.7 Å². The minimum Gasteiger partial charge on any atom is -0.394 e. The van der Waals surface area contributed by atoms with Crippen LogP contribution >= 0.6 is 0 Å². The SMILES string of the molecule is CC1CCC(CN)C(N2CCC(OCCO)CC2)C1. The highest BCUT2D eigenvalue weighted by atomic mass is 16.5. The van der Waals surface area contributed by atoms with Crippen molar-refractivity contribution in [2.45, 2.75) is 51.2 Å². The summed E-state index contributed by atoms with van der Waals surface area (Å²) >= 11 is 0. The molecule has 0 amide bonds. The fourth-order valence-corrected chi connectivity index (χ4v) is 3.73. The Kier molecular flexibility index (Phi) is 6.07. The third kappa shape index (κ3) is 4.15. The normalized spacial score (nSPS) is 34.6. The molecule has 2 fully saturated rings. The molecule has 1 heterocycles. The van der Waals surface area contributed by atoms with E-state index >= 15 is 0 Å². The van der Waals surface area contributed by atoms with E-state index in [2.05, 4.69) is 11.8 Å². The molecule has 3 atom stereocenters. The quantitative estimate of drug-likeness (QED) is 0.789. The van der Waals surface area contributed by atoms with E-state index in [0.717, 1.165) is 38.4 Å². The van der Waals surface area contributed by atoms with Crippen LogP contribution in [0.15, 0.2) is 0 Å². The van der Waals surface area contributed by atoms with Crippen molar-refractivity contribution in [3.63, 3.8) is 0 Å². The van der Waals surface area contributed by atoms with Crippen LogP contribution in [0.3, 0.4) is 0 Å². The van der Waals surface area contributed by atoms with Gasteiger partial charge in [-0.25, -0.2) is 0 Å². The summed E-state index contributed by atoms with van der Waals surface area (Å²) in [5.74, 6) is 1.53. The zero-order chi connectivity index (χ0) is 13.7. The molecule has 19 heavy (non-hydrogen) atoms. The lowest BCUT2D eigenvalue weighted by atomic mass is 9.77. The van der Waals surface area contributed by atoms with Gasteiger partial charge in [-0.15, -0.1) is 0 Å². The number of aliphatic hydroxyl groups excluding tert-OH is 1. The highest BCUT2D eigenvalue weighted by molar-refractivity contribution is 4.88. The number of likely N-dealkylation sites (tertiary alicyclic amines) is 1. The van der Waals surface area contributed by atoms with Gasteiger partial charge in [0.15, 0.2) is 0 Å². The Hall–Kier alpha value is -0.160. The van der Waals surface area contributed by atoms with E-state index in [1.807, 2.05) is 0 Å². The molecule has 0 aromatic rings. The molecular weight excluding hydrogens is 240 g/mol. The van der Waals surface area contributed by atoms with Gasteiger partial charge >= 0.3 is 0 Å². The van der Waals surface area contributed by atoms with E-state index in [9.17, 15) is 0 Å². The van der Waals surface area contributed by atoms with Gasteiger partial charge in [-0.3, -0.25) is 4.90 Å². The van der Waals surface area contributed by atoms with Crippen LogP contribution in [-0.2, 0) is 4.74 Å². The maximum Gasteiger partial charge on any atom is 0.0701 e. The van der Waals surface area contributed by atoms with Crippen LogP contribution in [0.5, 0.6) is 0 Å². The summed E-state index contributed by atoms with van der Waals surface area (Å²) in [6.07, 6.45) is 6.49. The maximum absolute atomic E-state index is 8.80. The van der Waals surface area contributed by atoms with Gasteiger partial charge in [0.1, 0.15) is 0 Å². The van der Waals surface area contributed by atoms with Crippen molar-refractivity contribution in [2.24, 2.45) is 17.6 Å². The molecule has 1 aliphatic heterocycles. The van der Waals surface area contributed by atoms with Gasteiger partial charge in [-0.05, 0) is 44.1 Å². The number of hydrogen-bond donors (Lipinski definition) is 2. The predicted octanol–water partition coefficient (Wildman–Crippen LogP) is 1.22. The number of nitrogens with two attached hydrogens (primary N) is 1. The smallest absolute Gasteiger partial charge is 0.0701 e. The minimum absolute atomic E-state index is 0.135. The average molecular weight is 270 g/mol. The van der Waals surface area contributed by atoms with Gasteiger partial charge in [-0.1, -0.05) is 13.3 Å². The lowest BCUT2D eigenvalue weighted by molar-refractivity contribution is -0.0273. The number of aliphatic hydroxyl groups is 1. The molecule has 2 aliphatic rings. The number of nitrogens with zero attached hydrogens (tertiary/aromatic N) is 1. The van der Waals surface area contributed by atoms with Crippen molar-refractivity contribution in [1.29, 1.82) is 0 Å². The highest BCUT2D eigenvalue weighted by Crippen LogP contribution is 2.33. The summed E-state index contributed by atoms with van der Waals surface area (Å²) in [5.41, 5.74) is 5.96. The Morgan fingerprint density at radius 2 is 1.95 bits per heavy atom.